The van der Waals surface area contributed by atoms with Crippen molar-refractivity contribution in [2.75, 3.05) is 7.11 Å². The van der Waals surface area contributed by atoms with Crippen molar-refractivity contribution in [3.63, 3.8) is 0 Å². The lowest BCUT2D eigenvalue weighted by atomic mass is 10.1. The van der Waals surface area contributed by atoms with Crippen molar-refractivity contribution in [3.05, 3.63) is 42.0 Å². The first-order valence-electron chi connectivity index (χ1n) is 3.76. The van der Waals surface area contributed by atoms with Crippen LogP contribution in [0.5, 0.6) is 0 Å². The monoisotopic (exact) mass is 174 g/mol. The van der Waals surface area contributed by atoms with Crippen LogP contribution >= 0.6 is 0 Å². The SMILES string of the molecule is C=C(NOC)c1cccc(C#N)c1. The van der Waals surface area contributed by atoms with Gasteiger partial charge in [-0.05, 0) is 12.1 Å². The highest BCUT2D eigenvalue weighted by Gasteiger charge is 1.98. The highest BCUT2D eigenvalue weighted by Crippen LogP contribution is 2.10. The normalized spacial score (nSPS) is 8.92. The summed E-state index contributed by atoms with van der Waals surface area (Å²) in [5.74, 6) is 0. The zero-order valence-corrected chi connectivity index (χ0v) is 7.37. The van der Waals surface area contributed by atoms with Gasteiger partial charge < -0.3 is 0 Å². The Morgan fingerprint density at radius 1 is 1.62 bits per heavy atom. The van der Waals surface area contributed by atoms with Crippen LogP contribution in [0, 0.1) is 11.3 Å². The first kappa shape index (κ1) is 9.30. The van der Waals surface area contributed by atoms with Gasteiger partial charge in [-0.1, -0.05) is 18.7 Å². The molecule has 0 unspecified atom stereocenters. The second kappa shape index (κ2) is 4.29. The Labute approximate surface area is 77.2 Å². The molecule has 0 aliphatic heterocycles. The average Bonchev–Trinajstić information content (AvgIpc) is 2.18. The van der Waals surface area contributed by atoms with E-state index >= 15 is 0 Å². The van der Waals surface area contributed by atoms with Crippen LogP contribution in [0.4, 0.5) is 0 Å². The van der Waals surface area contributed by atoms with E-state index in [0.29, 0.717) is 11.3 Å². The molecule has 13 heavy (non-hydrogen) atoms. The maximum absolute atomic E-state index is 8.64. The van der Waals surface area contributed by atoms with E-state index in [0.717, 1.165) is 5.56 Å². The van der Waals surface area contributed by atoms with E-state index in [9.17, 15) is 0 Å². The fourth-order valence-electron chi connectivity index (χ4n) is 0.959. The van der Waals surface area contributed by atoms with Crippen LogP contribution in [0.2, 0.25) is 0 Å². The van der Waals surface area contributed by atoms with Crippen molar-refractivity contribution >= 4 is 5.70 Å². The lowest BCUT2D eigenvalue weighted by Crippen LogP contribution is -2.08. The predicted octanol–water partition coefficient (Wildman–Crippen LogP) is 1.68. The summed E-state index contributed by atoms with van der Waals surface area (Å²) < 4.78 is 0. The van der Waals surface area contributed by atoms with Gasteiger partial charge in [-0.15, -0.1) is 0 Å². The van der Waals surface area contributed by atoms with E-state index in [1.54, 1.807) is 18.2 Å². The van der Waals surface area contributed by atoms with Gasteiger partial charge >= 0.3 is 0 Å². The minimum absolute atomic E-state index is 0.608. The summed E-state index contributed by atoms with van der Waals surface area (Å²) in [5, 5.41) is 8.64. The Morgan fingerprint density at radius 2 is 2.38 bits per heavy atom. The molecule has 0 aromatic heterocycles. The summed E-state index contributed by atoms with van der Waals surface area (Å²) >= 11 is 0. The van der Waals surface area contributed by atoms with E-state index in [1.807, 2.05) is 6.07 Å². The van der Waals surface area contributed by atoms with E-state index < -0.39 is 0 Å². The van der Waals surface area contributed by atoms with Crippen LogP contribution in [-0.4, -0.2) is 7.11 Å². The number of nitrogens with one attached hydrogen (secondary N) is 1. The van der Waals surface area contributed by atoms with E-state index in [2.05, 4.69) is 18.1 Å². The maximum Gasteiger partial charge on any atom is 0.0991 e. The molecular weight excluding hydrogens is 164 g/mol. The predicted molar refractivity (Wildman–Crippen MR) is 50.3 cm³/mol. The van der Waals surface area contributed by atoms with E-state index in [4.69, 9.17) is 10.1 Å². The molecule has 1 rings (SSSR count). The van der Waals surface area contributed by atoms with Crippen LogP contribution in [0.3, 0.4) is 0 Å². The minimum atomic E-state index is 0.608. The van der Waals surface area contributed by atoms with E-state index in [-0.39, 0.29) is 0 Å². The molecule has 0 bridgehead atoms. The fraction of sp³-hybridized carbons (Fsp3) is 0.100. The Balaban J connectivity index is 2.90. The van der Waals surface area contributed by atoms with Crippen LogP contribution < -0.4 is 5.48 Å². The molecule has 0 atom stereocenters. The molecule has 1 aromatic rings. The average molecular weight is 174 g/mol. The third-order valence-electron chi connectivity index (χ3n) is 1.57. The van der Waals surface area contributed by atoms with Crippen LogP contribution in [0.25, 0.3) is 5.70 Å². The summed E-state index contributed by atoms with van der Waals surface area (Å²) in [4.78, 5) is 4.70. The molecule has 0 saturated carbocycles. The molecule has 0 fully saturated rings. The Hall–Kier alpha value is -1.79. The third kappa shape index (κ3) is 2.32. The maximum atomic E-state index is 8.64. The number of nitrogens with zero attached hydrogens (tertiary/aromatic N) is 1. The first-order valence-corrected chi connectivity index (χ1v) is 3.76. The molecule has 3 heteroatoms. The first-order chi connectivity index (χ1) is 6.27. The van der Waals surface area contributed by atoms with Crippen LogP contribution in [0.1, 0.15) is 11.1 Å². The highest BCUT2D eigenvalue weighted by molar-refractivity contribution is 5.62. The van der Waals surface area contributed by atoms with Gasteiger partial charge in [0.15, 0.2) is 0 Å². The van der Waals surface area contributed by atoms with Gasteiger partial charge in [-0.25, -0.2) is 0 Å². The molecule has 0 amide bonds. The second-order valence-corrected chi connectivity index (χ2v) is 2.48. The van der Waals surface area contributed by atoms with Gasteiger partial charge in [-0.2, -0.15) is 5.26 Å². The summed E-state index contributed by atoms with van der Waals surface area (Å²) in [6.07, 6.45) is 0. The number of nitriles is 1. The zero-order chi connectivity index (χ0) is 9.68. The van der Waals surface area contributed by atoms with Crippen molar-refractivity contribution in [2.45, 2.75) is 0 Å². The molecule has 0 saturated heterocycles. The molecule has 0 aliphatic carbocycles. The summed E-state index contributed by atoms with van der Waals surface area (Å²) in [5.41, 5.74) is 4.70. The molecule has 0 spiro atoms. The Morgan fingerprint density at radius 3 is 3.00 bits per heavy atom. The van der Waals surface area contributed by atoms with Crippen LogP contribution in [-0.2, 0) is 4.84 Å². The molecular formula is C10H10N2O. The number of hydroxylamine groups is 1. The van der Waals surface area contributed by atoms with E-state index in [1.165, 1.54) is 7.11 Å². The fourth-order valence-corrected chi connectivity index (χ4v) is 0.959. The van der Waals surface area contributed by atoms with Crippen molar-refractivity contribution < 1.29 is 4.84 Å². The standard InChI is InChI=1S/C10H10N2O/c1-8(12-13-2)10-5-3-4-9(6-10)7-11/h3-6,12H,1H2,2H3. The quantitative estimate of drug-likeness (QED) is 0.709. The third-order valence-corrected chi connectivity index (χ3v) is 1.57. The molecule has 0 aliphatic rings. The summed E-state index contributed by atoms with van der Waals surface area (Å²) in [6.45, 7) is 3.74. The summed E-state index contributed by atoms with van der Waals surface area (Å²) in [7, 11) is 1.51. The van der Waals surface area contributed by atoms with Crippen molar-refractivity contribution in [1.82, 2.24) is 5.48 Å². The minimum Gasteiger partial charge on any atom is -0.279 e. The van der Waals surface area contributed by atoms with Gasteiger partial charge in [0, 0.05) is 5.56 Å². The number of hydrogen-bond acceptors (Lipinski definition) is 3. The topological polar surface area (TPSA) is 45.0 Å². The van der Waals surface area contributed by atoms with Crippen molar-refractivity contribution in [3.8, 4) is 6.07 Å². The molecule has 66 valence electrons. The van der Waals surface area contributed by atoms with Crippen LogP contribution in [0.15, 0.2) is 30.8 Å². The number of rotatable bonds is 3. The van der Waals surface area contributed by atoms with Crippen molar-refractivity contribution in [2.24, 2.45) is 0 Å². The highest BCUT2D eigenvalue weighted by atomic mass is 16.6. The second-order valence-electron chi connectivity index (χ2n) is 2.48. The zero-order valence-electron chi connectivity index (χ0n) is 7.37. The van der Waals surface area contributed by atoms with Gasteiger partial charge in [-0.3, -0.25) is 10.3 Å². The lowest BCUT2D eigenvalue weighted by molar-refractivity contribution is 0.137. The van der Waals surface area contributed by atoms with Gasteiger partial charge in [0.25, 0.3) is 0 Å². The lowest BCUT2D eigenvalue weighted by Gasteiger charge is -2.06. The Bertz CT molecular complexity index is 352. The number of benzene rings is 1. The van der Waals surface area contributed by atoms with Gasteiger partial charge in [0.1, 0.15) is 0 Å². The summed E-state index contributed by atoms with van der Waals surface area (Å²) in [6, 6.07) is 9.20. The van der Waals surface area contributed by atoms with Gasteiger partial charge in [0.05, 0.1) is 24.4 Å². The number of hydrogen-bond donors (Lipinski definition) is 1. The molecule has 1 aromatic carbocycles. The molecule has 3 nitrogen and oxygen atoms in total. The van der Waals surface area contributed by atoms with Crippen molar-refractivity contribution in [1.29, 1.82) is 5.26 Å². The molecule has 0 heterocycles. The molecule has 1 N–H and O–H groups in total. The molecule has 0 radical (unpaired) electrons. The Kier molecular flexibility index (Phi) is 3.07. The largest absolute Gasteiger partial charge is 0.279 e. The smallest absolute Gasteiger partial charge is 0.0991 e. The van der Waals surface area contributed by atoms with Gasteiger partial charge in [0.2, 0.25) is 0 Å².